The van der Waals surface area contributed by atoms with Gasteiger partial charge in [-0.25, -0.2) is 0 Å². The summed E-state index contributed by atoms with van der Waals surface area (Å²) in [5.41, 5.74) is -5.62. The van der Waals surface area contributed by atoms with E-state index in [1.807, 2.05) is 0 Å². The van der Waals surface area contributed by atoms with Gasteiger partial charge in [0.1, 0.15) is 0 Å². The summed E-state index contributed by atoms with van der Waals surface area (Å²) < 4.78 is 163. The molecular weight excluding hydrogens is 674 g/mol. The average molecular weight is 694 g/mol. The Morgan fingerprint density at radius 2 is 0.612 bits per heavy atom. The van der Waals surface area contributed by atoms with Crippen LogP contribution in [0.25, 0.3) is 43.8 Å². The molecule has 0 atom stereocenters. The zero-order chi connectivity index (χ0) is 35.5. The molecule has 0 aliphatic rings. The van der Waals surface area contributed by atoms with Crippen LogP contribution in [0.1, 0.15) is 22.3 Å². The van der Waals surface area contributed by atoms with Crippen molar-refractivity contribution in [1.29, 1.82) is 0 Å². The number of benzene rings is 6. The van der Waals surface area contributed by atoms with Gasteiger partial charge in [0.15, 0.2) is 0 Å². The molecule has 0 fully saturated rings. The molecule has 49 heavy (non-hydrogen) atoms. The van der Waals surface area contributed by atoms with Gasteiger partial charge in [0.2, 0.25) is 0 Å². The van der Waals surface area contributed by atoms with Crippen molar-refractivity contribution >= 4 is 32.9 Å². The largest absolute Gasteiger partial charge is 0.416 e. The first-order valence-electron chi connectivity index (χ1n) is 14.2. The molecule has 6 aromatic rings. The van der Waals surface area contributed by atoms with Crippen LogP contribution in [-0.4, -0.2) is 0 Å². The number of nitrogens with one attached hydrogen (secondary N) is 1. The monoisotopic (exact) mass is 693 g/mol. The standard InChI is InChI=1S/C36H19F12N/c37-33(38,39)21-13-19(14-22(17-21)34(40,41)42)25-9-11-31(29-7-3-1-5-27(25)29)49-32-12-10-26(28-6-2-4-8-30(28)32)20-15-23(35(43,44)45)18-24(16-20)36(46,47)48/h1-18,49H. The topological polar surface area (TPSA) is 12.0 Å². The maximum absolute atomic E-state index is 13.6. The Morgan fingerprint density at radius 3 is 0.898 bits per heavy atom. The van der Waals surface area contributed by atoms with Crippen molar-refractivity contribution in [3.05, 3.63) is 131 Å². The van der Waals surface area contributed by atoms with Crippen LogP contribution in [0.15, 0.2) is 109 Å². The van der Waals surface area contributed by atoms with Gasteiger partial charge in [0.25, 0.3) is 0 Å². The maximum atomic E-state index is 13.6. The summed E-state index contributed by atoms with van der Waals surface area (Å²) in [4.78, 5) is 0. The lowest BCUT2D eigenvalue weighted by atomic mass is 9.93. The van der Waals surface area contributed by atoms with Crippen molar-refractivity contribution in [3.63, 3.8) is 0 Å². The van der Waals surface area contributed by atoms with Crippen molar-refractivity contribution in [2.75, 3.05) is 5.32 Å². The fourth-order valence-corrected chi connectivity index (χ4v) is 5.69. The summed E-state index contributed by atoms with van der Waals surface area (Å²) in [6.45, 7) is 0. The van der Waals surface area contributed by atoms with E-state index in [1.165, 1.54) is 36.4 Å². The van der Waals surface area contributed by atoms with Crippen LogP contribution in [-0.2, 0) is 24.7 Å². The number of hydrogen-bond acceptors (Lipinski definition) is 1. The third kappa shape index (κ3) is 6.74. The minimum atomic E-state index is -5.05. The average Bonchev–Trinajstić information content (AvgIpc) is 3.03. The third-order valence-electron chi connectivity index (χ3n) is 7.91. The molecule has 1 N–H and O–H groups in total. The van der Waals surface area contributed by atoms with Gasteiger partial charge in [-0.15, -0.1) is 0 Å². The van der Waals surface area contributed by atoms with Crippen LogP contribution in [0.5, 0.6) is 0 Å². The predicted molar refractivity (Wildman–Crippen MR) is 162 cm³/mol. The van der Waals surface area contributed by atoms with E-state index in [2.05, 4.69) is 5.32 Å². The van der Waals surface area contributed by atoms with Crippen molar-refractivity contribution in [2.24, 2.45) is 0 Å². The lowest BCUT2D eigenvalue weighted by Crippen LogP contribution is -2.11. The second-order valence-electron chi connectivity index (χ2n) is 11.1. The van der Waals surface area contributed by atoms with Gasteiger partial charge in [0, 0.05) is 22.1 Å². The predicted octanol–water partition coefficient (Wildman–Crippen LogP) is 13.1. The second kappa shape index (κ2) is 11.7. The Labute approximate surface area is 269 Å². The molecule has 0 radical (unpaired) electrons. The highest BCUT2D eigenvalue weighted by Gasteiger charge is 2.38. The second-order valence-corrected chi connectivity index (χ2v) is 11.1. The van der Waals surface area contributed by atoms with Crippen LogP contribution < -0.4 is 5.32 Å². The first-order chi connectivity index (χ1) is 22.8. The van der Waals surface area contributed by atoms with Gasteiger partial charge in [-0.1, -0.05) is 60.7 Å². The van der Waals surface area contributed by atoms with Crippen LogP contribution in [0.4, 0.5) is 64.1 Å². The Bertz CT molecular complexity index is 1990. The molecule has 0 aromatic heterocycles. The van der Waals surface area contributed by atoms with Crippen molar-refractivity contribution < 1.29 is 52.7 Å². The first kappa shape index (κ1) is 33.7. The van der Waals surface area contributed by atoms with Crippen LogP contribution in [0.3, 0.4) is 0 Å². The zero-order valence-electron chi connectivity index (χ0n) is 24.4. The molecule has 0 unspecified atom stereocenters. The summed E-state index contributed by atoms with van der Waals surface area (Å²) in [5, 5.41) is 4.61. The molecule has 0 heterocycles. The molecule has 252 valence electrons. The highest BCUT2D eigenvalue weighted by Crippen LogP contribution is 2.44. The Balaban J connectivity index is 1.48. The lowest BCUT2D eigenvalue weighted by Gasteiger charge is -2.19. The summed E-state index contributed by atoms with van der Waals surface area (Å²) in [6.07, 6.45) is -20.2. The fourth-order valence-electron chi connectivity index (χ4n) is 5.69. The maximum Gasteiger partial charge on any atom is 0.416 e. The molecule has 6 rings (SSSR count). The van der Waals surface area contributed by atoms with E-state index in [1.54, 1.807) is 36.4 Å². The van der Waals surface area contributed by atoms with Crippen molar-refractivity contribution in [1.82, 2.24) is 0 Å². The quantitative estimate of drug-likeness (QED) is 0.181. The molecule has 0 aliphatic carbocycles. The molecular formula is C36H19F12N. The Morgan fingerprint density at radius 1 is 0.327 bits per heavy atom. The van der Waals surface area contributed by atoms with E-state index in [0.717, 1.165) is 0 Å². The smallest absolute Gasteiger partial charge is 0.355 e. The lowest BCUT2D eigenvalue weighted by molar-refractivity contribution is -0.144. The Kier molecular flexibility index (Phi) is 8.07. The van der Waals surface area contributed by atoms with E-state index < -0.39 is 47.0 Å². The number of hydrogen-bond donors (Lipinski definition) is 1. The van der Waals surface area contributed by atoms with Gasteiger partial charge in [-0.3, -0.25) is 0 Å². The zero-order valence-corrected chi connectivity index (χ0v) is 24.4. The number of fused-ring (bicyclic) bond motifs is 2. The number of rotatable bonds is 4. The summed E-state index contributed by atoms with van der Waals surface area (Å²) >= 11 is 0. The number of halogens is 12. The van der Waals surface area contributed by atoms with E-state index in [-0.39, 0.29) is 34.4 Å². The molecule has 0 amide bonds. The molecule has 1 nitrogen and oxygen atoms in total. The van der Waals surface area contributed by atoms with Crippen LogP contribution in [0.2, 0.25) is 0 Å². The number of alkyl halides is 12. The summed E-state index contributed by atoms with van der Waals surface area (Å²) in [7, 11) is 0. The number of anilines is 2. The van der Waals surface area contributed by atoms with E-state index in [4.69, 9.17) is 0 Å². The van der Waals surface area contributed by atoms with Crippen LogP contribution in [0, 0.1) is 0 Å². The van der Waals surface area contributed by atoms with Gasteiger partial charge in [-0.05, 0) is 81.6 Å². The molecule has 13 heteroatoms. The van der Waals surface area contributed by atoms with E-state index in [0.29, 0.717) is 57.2 Å². The van der Waals surface area contributed by atoms with Gasteiger partial charge in [0.05, 0.1) is 22.3 Å². The van der Waals surface area contributed by atoms with Gasteiger partial charge < -0.3 is 5.32 Å². The SMILES string of the molecule is FC(F)(F)c1cc(-c2ccc(Nc3ccc(-c4cc(C(F)(F)F)cc(C(F)(F)F)c4)c4ccccc34)c3ccccc23)cc(C(F)(F)F)c1. The summed E-state index contributed by atoms with van der Waals surface area (Å²) in [6, 6.07) is 20.8. The van der Waals surface area contributed by atoms with Gasteiger partial charge in [-0.2, -0.15) is 52.7 Å². The van der Waals surface area contributed by atoms with Crippen molar-refractivity contribution in [3.8, 4) is 22.3 Å². The summed E-state index contributed by atoms with van der Waals surface area (Å²) in [5.74, 6) is 0. The van der Waals surface area contributed by atoms with E-state index >= 15 is 0 Å². The minimum absolute atomic E-state index is 0.0414. The fraction of sp³-hybridized carbons (Fsp3) is 0.111. The first-order valence-corrected chi connectivity index (χ1v) is 14.2. The molecule has 0 aliphatic heterocycles. The van der Waals surface area contributed by atoms with E-state index in [9.17, 15) is 52.7 Å². The molecule has 0 saturated heterocycles. The minimum Gasteiger partial charge on any atom is -0.355 e. The third-order valence-corrected chi connectivity index (χ3v) is 7.91. The van der Waals surface area contributed by atoms with Crippen molar-refractivity contribution in [2.45, 2.75) is 24.7 Å². The molecule has 6 aromatic carbocycles. The molecule has 0 saturated carbocycles. The Hall–Kier alpha value is -5.20. The molecule has 0 spiro atoms. The normalized spacial score (nSPS) is 12.9. The molecule has 0 bridgehead atoms. The highest BCUT2D eigenvalue weighted by atomic mass is 19.4. The van der Waals surface area contributed by atoms with Crippen LogP contribution >= 0.6 is 0 Å². The van der Waals surface area contributed by atoms with Gasteiger partial charge >= 0.3 is 24.7 Å². The highest BCUT2D eigenvalue weighted by molar-refractivity contribution is 6.08.